The van der Waals surface area contributed by atoms with Crippen LogP contribution in [-0.4, -0.2) is 20.5 Å². The molecule has 1 aliphatic carbocycles. The average molecular weight is 183 g/mol. The first-order chi connectivity index (χ1) is 5.83. The zero-order valence-corrected chi connectivity index (χ0v) is 8.27. The highest BCUT2D eigenvalue weighted by Crippen LogP contribution is 2.38. The molecule has 0 N–H and O–H groups in total. The van der Waals surface area contributed by atoms with E-state index >= 15 is 0 Å². The molecule has 0 bridgehead atoms. The van der Waals surface area contributed by atoms with Gasteiger partial charge in [-0.3, -0.25) is 0 Å². The first-order valence-electron chi connectivity index (χ1n) is 4.37. The van der Waals surface area contributed by atoms with E-state index in [1.54, 1.807) is 11.8 Å². The van der Waals surface area contributed by atoms with Crippen molar-refractivity contribution < 1.29 is 0 Å². The Morgan fingerprint density at radius 2 is 2.25 bits per heavy atom. The Balaban J connectivity index is 2.27. The number of aromatic nitrogens is 3. The molecule has 0 aliphatic heterocycles. The van der Waals surface area contributed by atoms with Crippen LogP contribution in [0.3, 0.4) is 0 Å². The number of hydrogen-bond acceptors (Lipinski definition) is 3. The van der Waals surface area contributed by atoms with E-state index in [1.807, 2.05) is 6.92 Å². The molecule has 3 nitrogen and oxygen atoms in total. The molecular formula is C8H13N3S. The van der Waals surface area contributed by atoms with Crippen LogP contribution in [0.4, 0.5) is 0 Å². The van der Waals surface area contributed by atoms with Crippen LogP contribution in [0.2, 0.25) is 0 Å². The number of nitrogens with zero attached hydrogens (tertiary/aromatic N) is 3. The molecular weight excluding hydrogens is 170 g/mol. The van der Waals surface area contributed by atoms with E-state index in [1.165, 1.54) is 12.8 Å². The molecule has 1 heterocycles. The summed E-state index contributed by atoms with van der Waals surface area (Å²) >= 11 is 1.78. The third-order valence-corrected chi connectivity index (χ3v) is 2.85. The zero-order valence-electron chi connectivity index (χ0n) is 7.45. The lowest BCUT2D eigenvalue weighted by atomic mass is 10.6. The molecule has 0 saturated heterocycles. The second kappa shape index (κ2) is 3.09. The molecule has 0 aromatic carbocycles. The van der Waals surface area contributed by atoms with Crippen LogP contribution in [0.15, 0.2) is 5.16 Å². The summed E-state index contributed by atoms with van der Waals surface area (Å²) in [6.45, 7) is 4.18. The van der Waals surface area contributed by atoms with Gasteiger partial charge in [0.25, 0.3) is 0 Å². The standard InChI is InChI=1S/C8H13N3S/c1-3-12-8-10-9-6(2)11(8)7-4-5-7/h7H,3-5H2,1-2H3. The average Bonchev–Trinajstić information content (AvgIpc) is 2.80. The quantitative estimate of drug-likeness (QED) is 0.672. The zero-order chi connectivity index (χ0) is 8.55. The largest absolute Gasteiger partial charge is 0.303 e. The summed E-state index contributed by atoms with van der Waals surface area (Å²) in [6.07, 6.45) is 2.60. The van der Waals surface area contributed by atoms with Gasteiger partial charge in [-0.15, -0.1) is 10.2 Å². The summed E-state index contributed by atoms with van der Waals surface area (Å²) < 4.78 is 2.27. The van der Waals surface area contributed by atoms with Gasteiger partial charge >= 0.3 is 0 Å². The van der Waals surface area contributed by atoms with E-state index in [-0.39, 0.29) is 0 Å². The van der Waals surface area contributed by atoms with E-state index < -0.39 is 0 Å². The molecule has 0 atom stereocenters. The van der Waals surface area contributed by atoms with Crippen molar-refractivity contribution in [1.82, 2.24) is 14.8 Å². The van der Waals surface area contributed by atoms with Crippen molar-refractivity contribution in [3.05, 3.63) is 5.82 Å². The summed E-state index contributed by atoms with van der Waals surface area (Å²) in [6, 6.07) is 0.703. The lowest BCUT2D eigenvalue weighted by molar-refractivity contribution is 0.644. The minimum absolute atomic E-state index is 0.703. The molecule has 0 amide bonds. The van der Waals surface area contributed by atoms with Gasteiger partial charge in [-0.1, -0.05) is 18.7 Å². The Labute approximate surface area is 76.6 Å². The molecule has 4 heteroatoms. The van der Waals surface area contributed by atoms with Gasteiger partial charge in [-0.05, 0) is 25.5 Å². The van der Waals surface area contributed by atoms with Crippen molar-refractivity contribution in [3.63, 3.8) is 0 Å². The Kier molecular flexibility index (Phi) is 2.09. The fraction of sp³-hybridized carbons (Fsp3) is 0.750. The molecule has 66 valence electrons. The first kappa shape index (κ1) is 8.10. The van der Waals surface area contributed by atoms with E-state index in [9.17, 15) is 0 Å². The van der Waals surface area contributed by atoms with Gasteiger partial charge < -0.3 is 4.57 Å². The topological polar surface area (TPSA) is 30.7 Å². The van der Waals surface area contributed by atoms with Crippen LogP contribution in [0.5, 0.6) is 0 Å². The molecule has 1 fully saturated rings. The van der Waals surface area contributed by atoms with Crippen LogP contribution >= 0.6 is 11.8 Å². The van der Waals surface area contributed by atoms with Crippen LogP contribution in [0.25, 0.3) is 0 Å². The summed E-state index contributed by atoms with van der Waals surface area (Å²) in [5.74, 6) is 2.14. The van der Waals surface area contributed by atoms with E-state index in [0.717, 1.165) is 16.7 Å². The molecule has 2 rings (SSSR count). The fourth-order valence-corrected chi connectivity index (χ4v) is 2.11. The van der Waals surface area contributed by atoms with Crippen LogP contribution in [-0.2, 0) is 0 Å². The van der Waals surface area contributed by atoms with Crippen LogP contribution in [0.1, 0.15) is 31.6 Å². The summed E-state index contributed by atoms with van der Waals surface area (Å²) in [4.78, 5) is 0. The maximum atomic E-state index is 4.14. The highest BCUT2D eigenvalue weighted by atomic mass is 32.2. The molecule has 1 saturated carbocycles. The maximum Gasteiger partial charge on any atom is 0.191 e. The normalized spacial score (nSPS) is 16.8. The Morgan fingerprint density at radius 1 is 1.50 bits per heavy atom. The predicted molar refractivity (Wildman–Crippen MR) is 49.4 cm³/mol. The van der Waals surface area contributed by atoms with Gasteiger partial charge in [0.05, 0.1) is 0 Å². The lowest BCUT2D eigenvalue weighted by Gasteiger charge is -2.03. The SMILES string of the molecule is CCSc1nnc(C)n1C1CC1. The number of thioether (sulfide) groups is 1. The van der Waals surface area contributed by atoms with E-state index in [4.69, 9.17) is 0 Å². The van der Waals surface area contributed by atoms with Gasteiger partial charge in [0, 0.05) is 6.04 Å². The summed E-state index contributed by atoms with van der Waals surface area (Å²) in [5.41, 5.74) is 0. The van der Waals surface area contributed by atoms with Crippen LogP contribution in [0, 0.1) is 6.92 Å². The second-order valence-corrected chi connectivity index (χ2v) is 4.30. The minimum Gasteiger partial charge on any atom is -0.303 e. The van der Waals surface area contributed by atoms with Crippen LogP contribution < -0.4 is 0 Å². The maximum absolute atomic E-state index is 4.14. The van der Waals surface area contributed by atoms with Gasteiger partial charge in [-0.2, -0.15) is 0 Å². The molecule has 0 unspecified atom stereocenters. The molecule has 1 aromatic heterocycles. The van der Waals surface area contributed by atoms with Gasteiger partial charge in [0.15, 0.2) is 5.16 Å². The molecule has 0 spiro atoms. The summed E-state index contributed by atoms with van der Waals surface area (Å²) in [5, 5.41) is 9.33. The minimum atomic E-state index is 0.703. The fourth-order valence-electron chi connectivity index (χ4n) is 1.33. The smallest absolute Gasteiger partial charge is 0.191 e. The number of hydrogen-bond donors (Lipinski definition) is 0. The highest BCUT2D eigenvalue weighted by Gasteiger charge is 2.27. The molecule has 1 aliphatic rings. The van der Waals surface area contributed by atoms with Crippen molar-refractivity contribution in [3.8, 4) is 0 Å². The first-order valence-corrected chi connectivity index (χ1v) is 5.35. The Hall–Kier alpha value is -0.510. The number of rotatable bonds is 3. The highest BCUT2D eigenvalue weighted by molar-refractivity contribution is 7.99. The third kappa shape index (κ3) is 1.35. The number of aryl methyl sites for hydroxylation is 1. The van der Waals surface area contributed by atoms with Gasteiger partial charge in [0.1, 0.15) is 5.82 Å². The lowest BCUT2D eigenvalue weighted by Crippen LogP contribution is -1.98. The van der Waals surface area contributed by atoms with Crippen molar-refractivity contribution in [1.29, 1.82) is 0 Å². The second-order valence-electron chi connectivity index (χ2n) is 3.06. The Bertz CT molecular complexity index is 278. The van der Waals surface area contributed by atoms with Crippen molar-refractivity contribution in [2.45, 2.75) is 37.9 Å². The van der Waals surface area contributed by atoms with E-state index in [2.05, 4.69) is 21.7 Å². The third-order valence-electron chi connectivity index (χ3n) is 2.02. The monoisotopic (exact) mass is 183 g/mol. The van der Waals surface area contributed by atoms with Crippen molar-refractivity contribution in [2.75, 3.05) is 5.75 Å². The predicted octanol–water partition coefficient (Wildman–Crippen LogP) is 2.03. The van der Waals surface area contributed by atoms with Gasteiger partial charge in [-0.25, -0.2) is 0 Å². The van der Waals surface area contributed by atoms with Gasteiger partial charge in [0.2, 0.25) is 0 Å². The summed E-state index contributed by atoms with van der Waals surface area (Å²) in [7, 11) is 0. The molecule has 0 radical (unpaired) electrons. The Morgan fingerprint density at radius 3 is 2.83 bits per heavy atom. The van der Waals surface area contributed by atoms with Crippen molar-refractivity contribution >= 4 is 11.8 Å². The molecule has 12 heavy (non-hydrogen) atoms. The van der Waals surface area contributed by atoms with Crippen molar-refractivity contribution in [2.24, 2.45) is 0 Å². The van der Waals surface area contributed by atoms with E-state index in [0.29, 0.717) is 6.04 Å². The molecule has 1 aromatic rings.